The van der Waals surface area contributed by atoms with Gasteiger partial charge in [-0.2, -0.15) is 0 Å². The van der Waals surface area contributed by atoms with E-state index < -0.39 is 0 Å². The van der Waals surface area contributed by atoms with Crippen molar-refractivity contribution in [2.45, 2.75) is 38.1 Å². The summed E-state index contributed by atoms with van der Waals surface area (Å²) in [4.78, 5) is 5.63. The minimum absolute atomic E-state index is 0.387. The molecule has 1 aromatic rings. The van der Waals surface area contributed by atoms with Crippen molar-refractivity contribution in [3.63, 3.8) is 0 Å². The van der Waals surface area contributed by atoms with Crippen LogP contribution in [0.2, 0.25) is 0 Å². The average Bonchev–Trinajstić information content (AvgIpc) is 2.48. The zero-order valence-corrected chi connectivity index (χ0v) is 8.16. The van der Waals surface area contributed by atoms with Crippen LogP contribution in [-0.2, 0) is 12.0 Å². The van der Waals surface area contributed by atoms with Crippen molar-refractivity contribution >= 4 is 11.3 Å². The summed E-state index contributed by atoms with van der Waals surface area (Å²) in [6.07, 6.45) is 5.87. The lowest BCUT2D eigenvalue weighted by atomic mass is 9.71. The zero-order chi connectivity index (χ0) is 8.60. The first kappa shape index (κ1) is 8.20. The maximum atomic E-state index is 5.54. The fourth-order valence-corrected chi connectivity index (χ4v) is 2.59. The monoisotopic (exact) mass is 182 g/mol. The predicted molar refractivity (Wildman–Crippen MR) is 51.2 cm³/mol. The van der Waals surface area contributed by atoms with Gasteiger partial charge in [-0.1, -0.05) is 13.3 Å². The Morgan fingerprint density at radius 1 is 1.67 bits per heavy atom. The number of hydrogen-bond acceptors (Lipinski definition) is 3. The fraction of sp³-hybridized carbons (Fsp3) is 0.667. The molecular formula is C9H14N2S. The van der Waals surface area contributed by atoms with Crippen LogP contribution in [0, 0.1) is 0 Å². The first-order valence-electron chi connectivity index (χ1n) is 4.40. The van der Waals surface area contributed by atoms with E-state index in [2.05, 4.69) is 11.9 Å². The van der Waals surface area contributed by atoms with Gasteiger partial charge in [0.25, 0.3) is 0 Å². The summed E-state index contributed by atoms with van der Waals surface area (Å²) in [7, 11) is 0. The molecule has 2 rings (SSSR count). The van der Waals surface area contributed by atoms with Crippen molar-refractivity contribution in [1.29, 1.82) is 0 Å². The van der Waals surface area contributed by atoms with Crippen molar-refractivity contribution in [2.75, 3.05) is 0 Å². The van der Waals surface area contributed by atoms with Gasteiger partial charge in [-0.3, -0.25) is 0 Å². The molecule has 2 nitrogen and oxygen atoms in total. The molecule has 66 valence electrons. The first-order chi connectivity index (χ1) is 5.74. The van der Waals surface area contributed by atoms with Crippen molar-refractivity contribution in [3.8, 4) is 0 Å². The van der Waals surface area contributed by atoms with Crippen LogP contribution in [0.3, 0.4) is 0 Å². The quantitative estimate of drug-likeness (QED) is 0.760. The van der Waals surface area contributed by atoms with Gasteiger partial charge >= 0.3 is 0 Å². The normalized spacial score (nSPS) is 20.5. The summed E-state index contributed by atoms with van der Waals surface area (Å²) < 4.78 is 0. The van der Waals surface area contributed by atoms with Crippen LogP contribution >= 0.6 is 11.3 Å². The number of hydrogen-bond donors (Lipinski definition) is 1. The van der Waals surface area contributed by atoms with Gasteiger partial charge in [0.05, 0.1) is 5.01 Å². The van der Waals surface area contributed by atoms with E-state index in [1.54, 1.807) is 11.3 Å². The van der Waals surface area contributed by atoms with Gasteiger partial charge in [0.15, 0.2) is 0 Å². The molecule has 1 heterocycles. The van der Waals surface area contributed by atoms with Gasteiger partial charge in [0.1, 0.15) is 0 Å². The summed E-state index contributed by atoms with van der Waals surface area (Å²) in [5, 5.41) is 1.29. The van der Waals surface area contributed by atoms with E-state index in [4.69, 9.17) is 5.73 Å². The number of nitrogens with two attached hydrogens (primary N) is 1. The maximum Gasteiger partial charge on any atom is 0.0987 e. The molecule has 1 aliphatic carbocycles. The van der Waals surface area contributed by atoms with E-state index in [-0.39, 0.29) is 0 Å². The summed E-state index contributed by atoms with van der Waals surface area (Å²) in [5.74, 6) is 0. The highest BCUT2D eigenvalue weighted by molar-refractivity contribution is 7.11. The van der Waals surface area contributed by atoms with Gasteiger partial charge in [-0.05, 0) is 12.8 Å². The topological polar surface area (TPSA) is 38.9 Å². The number of nitrogens with zero attached hydrogens (tertiary/aromatic N) is 1. The van der Waals surface area contributed by atoms with Crippen LogP contribution in [0.1, 0.15) is 36.1 Å². The minimum Gasteiger partial charge on any atom is -0.326 e. The molecule has 0 aromatic carbocycles. The Labute approximate surface area is 76.8 Å². The number of thiazole rings is 1. The predicted octanol–water partition coefficient (Wildman–Crippen LogP) is 2.04. The van der Waals surface area contributed by atoms with E-state index in [9.17, 15) is 0 Å². The summed E-state index contributed by atoms with van der Waals surface area (Å²) >= 11 is 1.78. The molecule has 1 aromatic heterocycles. The molecule has 0 atom stereocenters. The van der Waals surface area contributed by atoms with Crippen LogP contribution in [0.5, 0.6) is 0 Å². The number of rotatable bonds is 2. The third-order valence-electron chi connectivity index (χ3n) is 2.73. The molecular weight excluding hydrogens is 168 g/mol. The van der Waals surface area contributed by atoms with Crippen LogP contribution in [0.25, 0.3) is 0 Å². The SMILES string of the molecule is CC1(c2ncc(CN)s2)CCC1. The Balaban J connectivity index is 2.22. The highest BCUT2D eigenvalue weighted by Crippen LogP contribution is 2.44. The van der Waals surface area contributed by atoms with Crippen molar-refractivity contribution < 1.29 is 0 Å². The van der Waals surface area contributed by atoms with E-state index in [0.717, 1.165) is 0 Å². The molecule has 0 unspecified atom stereocenters. The first-order valence-corrected chi connectivity index (χ1v) is 5.21. The smallest absolute Gasteiger partial charge is 0.0987 e. The molecule has 2 N–H and O–H groups in total. The number of aromatic nitrogens is 1. The van der Waals surface area contributed by atoms with E-state index >= 15 is 0 Å². The Kier molecular flexibility index (Phi) is 1.93. The van der Waals surface area contributed by atoms with Gasteiger partial charge < -0.3 is 5.73 Å². The largest absolute Gasteiger partial charge is 0.326 e. The van der Waals surface area contributed by atoms with Crippen molar-refractivity contribution in [3.05, 3.63) is 16.1 Å². The molecule has 0 aliphatic heterocycles. The average molecular weight is 182 g/mol. The zero-order valence-electron chi connectivity index (χ0n) is 7.34. The lowest BCUT2D eigenvalue weighted by molar-refractivity contribution is 0.271. The van der Waals surface area contributed by atoms with Crippen molar-refractivity contribution in [1.82, 2.24) is 4.98 Å². The van der Waals surface area contributed by atoms with Gasteiger partial charge in [0.2, 0.25) is 0 Å². The molecule has 0 bridgehead atoms. The summed E-state index contributed by atoms with van der Waals surface area (Å²) in [6.45, 7) is 2.93. The third-order valence-corrected chi connectivity index (χ3v) is 4.05. The van der Waals surface area contributed by atoms with Gasteiger partial charge in [0, 0.05) is 23.0 Å². The second-order valence-corrected chi connectivity index (χ2v) is 4.87. The van der Waals surface area contributed by atoms with Crippen LogP contribution in [0.4, 0.5) is 0 Å². The molecule has 0 radical (unpaired) electrons. The molecule has 0 spiro atoms. The molecule has 0 amide bonds. The van der Waals surface area contributed by atoms with Crippen LogP contribution in [0.15, 0.2) is 6.20 Å². The highest BCUT2D eigenvalue weighted by Gasteiger charge is 2.36. The standard InChI is InChI=1S/C9H14N2S/c1-9(3-2-4-9)8-11-6-7(5-10)12-8/h6H,2-5,10H2,1H3. The molecule has 1 fully saturated rings. The molecule has 1 saturated carbocycles. The third kappa shape index (κ3) is 1.17. The molecule has 12 heavy (non-hydrogen) atoms. The van der Waals surface area contributed by atoms with E-state index in [0.29, 0.717) is 12.0 Å². The second kappa shape index (κ2) is 2.82. The molecule has 1 aliphatic rings. The Hall–Kier alpha value is -0.410. The minimum atomic E-state index is 0.387. The lowest BCUT2D eigenvalue weighted by Gasteiger charge is -2.36. The fourth-order valence-electron chi connectivity index (χ4n) is 1.60. The second-order valence-electron chi connectivity index (χ2n) is 3.75. The van der Waals surface area contributed by atoms with Crippen LogP contribution < -0.4 is 5.73 Å². The highest BCUT2D eigenvalue weighted by atomic mass is 32.1. The van der Waals surface area contributed by atoms with E-state index in [1.165, 1.54) is 29.1 Å². The molecule has 0 saturated heterocycles. The van der Waals surface area contributed by atoms with Crippen LogP contribution in [-0.4, -0.2) is 4.98 Å². The maximum absolute atomic E-state index is 5.54. The Morgan fingerprint density at radius 2 is 2.42 bits per heavy atom. The summed E-state index contributed by atoms with van der Waals surface area (Å²) in [5.41, 5.74) is 5.92. The Morgan fingerprint density at radius 3 is 2.83 bits per heavy atom. The van der Waals surface area contributed by atoms with Crippen molar-refractivity contribution in [2.24, 2.45) is 5.73 Å². The summed E-state index contributed by atoms with van der Waals surface area (Å²) in [6, 6.07) is 0. The van der Waals surface area contributed by atoms with Gasteiger partial charge in [-0.15, -0.1) is 11.3 Å². The molecule has 3 heteroatoms. The Bertz CT molecular complexity index is 276. The lowest BCUT2D eigenvalue weighted by Crippen LogP contribution is -2.29. The van der Waals surface area contributed by atoms with E-state index in [1.807, 2.05) is 6.20 Å². The van der Waals surface area contributed by atoms with Gasteiger partial charge in [-0.25, -0.2) is 4.98 Å².